The molecule has 12 aromatic rings. The van der Waals surface area contributed by atoms with Crippen molar-refractivity contribution in [2.45, 2.75) is 57.8 Å². The Hall–Kier alpha value is -8.78. The zero-order chi connectivity index (χ0) is 51.8. The van der Waals surface area contributed by atoms with E-state index in [1.807, 2.05) is 0 Å². The second kappa shape index (κ2) is 18.3. The highest BCUT2D eigenvalue weighted by atomic mass is 15.1. The second-order valence-corrected chi connectivity index (χ2v) is 22.9. The van der Waals surface area contributed by atoms with E-state index in [-0.39, 0.29) is 10.8 Å². The summed E-state index contributed by atoms with van der Waals surface area (Å²) in [7, 11) is 0. The molecule has 366 valence electrons. The molecular formula is C75H61N. The molecule has 0 N–H and O–H groups in total. The van der Waals surface area contributed by atoms with Gasteiger partial charge in [0.25, 0.3) is 0 Å². The molecule has 1 heteroatoms. The van der Waals surface area contributed by atoms with E-state index in [4.69, 9.17) is 0 Å². The summed E-state index contributed by atoms with van der Waals surface area (Å²) in [6, 6.07) is 98.0. The summed E-state index contributed by atoms with van der Waals surface area (Å²) in [4.78, 5) is 2.53. The maximum Gasteiger partial charge on any atom is 0.0714 e. The third-order valence-electron chi connectivity index (χ3n) is 16.2. The minimum absolute atomic E-state index is 0.0271. The Labute approximate surface area is 448 Å². The maximum atomic E-state index is 2.53. The van der Waals surface area contributed by atoms with Crippen LogP contribution in [0.15, 0.2) is 261 Å². The minimum Gasteiger partial charge on any atom is -0.310 e. The summed E-state index contributed by atoms with van der Waals surface area (Å²) in [5.41, 5.74) is 20.1. The van der Waals surface area contributed by atoms with Crippen LogP contribution in [0.4, 0.5) is 17.1 Å². The largest absolute Gasteiger partial charge is 0.310 e. The molecule has 0 atom stereocenters. The van der Waals surface area contributed by atoms with Crippen LogP contribution in [-0.4, -0.2) is 0 Å². The summed E-state index contributed by atoms with van der Waals surface area (Å²) in [6.45, 7) is 14.0. The zero-order valence-electron chi connectivity index (χ0n) is 44.3. The van der Waals surface area contributed by atoms with Gasteiger partial charge in [0, 0.05) is 16.9 Å². The van der Waals surface area contributed by atoms with Crippen molar-refractivity contribution < 1.29 is 0 Å². The van der Waals surface area contributed by atoms with Crippen LogP contribution in [0.3, 0.4) is 0 Å². The second-order valence-electron chi connectivity index (χ2n) is 22.9. The normalized spacial score (nSPS) is 13.0. The van der Waals surface area contributed by atoms with Gasteiger partial charge < -0.3 is 4.90 Å². The standard InChI is InChI=1S/C75H61N/c1-73(2,3)56-45-53(46-57(48-56)74(4,5)6)62-36-20-24-51-25-21-38-68(72(51)62)67-34-16-18-40-71(67)76(58-31-19-26-52(47-58)61-35-22-37-63-60-32-14-13-23-50(60)41-43-64(61)63)59-42-44-66-65-33-15-17-39-69(65)75(70(66)49-59,54-27-9-7-10-28-54)55-29-11-8-12-30-55/h7-49H,1-6H3. The third kappa shape index (κ3) is 7.76. The Bertz CT molecular complexity index is 4110. The van der Waals surface area contributed by atoms with Crippen LogP contribution in [-0.2, 0) is 16.2 Å². The van der Waals surface area contributed by atoms with Crippen molar-refractivity contribution in [3.8, 4) is 44.5 Å². The average molecular weight is 976 g/mol. The van der Waals surface area contributed by atoms with Crippen molar-refractivity contribution in [2.24, 2.45) is 0 Å². The van der Waals surface area contributed by atoms with Crippen molar-refractivity contribution in [1.82, 2.24) is 0 Å². The first kappa shape index (κ1) is 47.0. The number of para-hydroxylation sites is 1. The Morgan fingerprint density at radius 3 is 1.57 bits per heavy atom. The molecule has 0 fully saturated rings. The first-order chi connectivity index (χ1) is 37.0. The predicted molar refractivity (Wildman–Crippen MR) is 325 cm³/mol. The predicted octanol–water partition coefficient (Wildman–Crippen LogP) is 20.6. The van der Waals surface area contributed by atoms with Crippen LogP contribution in [0.5, 0.6) is 0 Å². The van der Waals surface area contributed by atoms with Gasteiger partial charge in [-0.3, -0.25) is 0 Å². The lowest BCUT2D eigenvalue weighted by Gasteiger charge is -2.35. The topological polar surface area (TPSA) is 3.24 Å². The van der Waals surface area contributed by atoms with Gasteiger partial charge in [-0.15, -0.1) is 0 Å². The van der Waals surface area contributed by atoms with E-state index < -0.39 is 5.41 Å². The molecule has 1 nitrogen and oxygen atoms in total. The molecule has 0 unspecified atom stereocenters. The molecule has 0 heterocycles. The van der Waals surface area contributed by atoms with Gasteiger partial charge in [0.1, 0.15) is 0 Å². The van der Waals surface area contributed by atoms with Crippen LogP contribution >= 0.6 is 0 Å². The fraction of sp³-hybridized carbons (Fsp3) is 0.120. The molecule has 0 aromatic heterocycles. The van der Waals surface area contributed by atoms with Gasteiger partial charge in [-0.05, 0) is 146 Å². The zero-order valence-corrected chi connectivity index (χ0v) is 44.3. The van der Waals surface area contributed by atoms with Gasteiger partial charge in [0.2, 0.25) is 0 Å². The van der Waals surface area contributed by atoms with Gasteiger partial charge >= 0.3 is 0 Å². The summed E-state index contributed by atoms with van der Waals surface area (Å²) >= 11 is 0. The SMILES string of the molecule is CC(C)(C)c1cc(-c2cccc3cccc(-c4ccccc4N(c4cccc(-c5cccc6c5ccc5ccccc56)c4)c4ccc5c(c4)C(c4ccccc4)(c4ccccc4)c4ccccc4-5)c23)cc(C(C)(C)C)c1. The average Bonchev–Trinajstić information content (AvgIpc) is 4.00. The quantitative estimate of drug-likeness (QED) is 0.137. The summed E-state index contributed by atoms with van der Waals surface area (Å²) < 4.78 is 0. The van der Waals surface area contributed by atoms with Gasteiger partial charge in [0.05, 0.1) is 11.1 Å². The lowest BCUT2D eigenvalue weighted by Crippen LogP contribution is -2.28. The van der Waals surface area contributed by atoms with Crippen LogP contribution in [0.1, 0.15) is 74.9 Å². The molecule has 76 heavy (non-hydrogen) atoms. The minimum atomic E-state index is -0.568. The number of nitrogens with zero attached hydrogens (tertiary/aromatic N) is 1. The number of hydrogen-bond acceptors (Lipinski definition) is 1. The van der Waals surface area contributed by atoms with E-state index in [0.29, 0.717) is 0 Å². The smallest absolute Gasteiger partial charge is 0.0714 e. The molecule has 0 amide bonds. The van der Waals surface area contributed by atoms with Crippen LogP contribution in [0.25, 0.3) is 76.8 Å². The lowest BCUT2D eigenvalue weighted by atomic mass is 9.67. The fourth-order valence-corrected chi connectivity index (χ4v) is 12.5. The van der Waals surface area contributed by atoms with Crippen molar-refractivity contribution in [1.29, 1.82) is 0 Å². The molecule has 0 aliphatic heterocycles. The molecule has 0 saturated heterocycles. The van der Waals surface area contributed by atoms with E-state index in [2.05, 4.69) is 307 Å². The van der Waals surface area contributed by atoms with Gasteiger partial charge in [-0.25, -0.2) is 0 Å². The van der Waals surface area contributed by atoms with Gasteiger partial charge in [-0.2, -0.15) is 0 Å². The molecular weight excluding hydrogens is 915 g/mol. The summed E-state index contributed by atoms with van der Waals surface area (Å²) in [5.74, 6) is 0. The molecule has 0 spiro atoms. The van der Waals surface area contributed by atoms with Crippen molar-refractivity contribution in [2.75, 3.05) is 4.90 Å². The summed E-state index contributed by atoms with van der Waals surface area (Å²) in [5, 5.41) is 7.47. The molecule has 0 bridgehead atoms. The summed E-state index contributed by atoms with van der Waals surface area (Å²) in [6.07, 6.45) is 0. The number of fused-ring (bicyclic) bond motifs is 7. The Morgan fingerprint density at radius 1 is 0.303 bits per heavy atom. The molecule has 1 aliphatic rings. The highest BCUT2D eigenvalue weighted by Crippen LogP contribution is 2.58. The highest BCUT2D eigenvalue weighted by Gasteiger charge is 2.46. The van der Waals surface area contributed by atoms with E-state index >= 15 is 0 Å². The van der Waals surface area contributed by atoms with E-state index in [9.17, 15) is 0 Å². The van der Waals surface area contributed by atoms with Gasteiger partial charge in [-0.1, -0.05) is 272 Å². The van der Waals surface area contributed by atoms with Crippen LogP contribution in [0.2, 0.25) is 0 Å². The van der Waals surface area contributed by atoms with Crippen molar-refractivity contribution in [3.63, 3.8) is 0 Å². The van der Waals surface area contributed by atoms with E-state index in [1.54, 1.807) is 0 Å². The number of rotatable bonds is 8. The molecule has 0 radical (unpaired) electrons. The lowest BCUT2D eigenvalue weighted by molar-refractivity contribution is 0.569. The first-order valence-corrected chi connectivity index (χ1v) is 26.9. The fourth-order valence-electron chi connectivity index (χ4n) is 12.5. The molecule has 12 aromatic carbocycles. The Morgan fingerprint density at radius 2 is 0.842 bits per heavy atom. The van der Waals surface area contributed by atoms with Crippen LogP contribution in [0, 0.1) is 0 Å². The molecule has 13 rings (SSSR count). The first-order valence-electron chi connectivity index (χ1n) is 26.9. The van der Waals surface area contributed by atoms with Gasteiger partial charge in [0.15, 0.2) is 0 Å². The monoisotopic (exact) mass is 975 g/mol. The Kier molecular flexibility index (Phi) is 11.3. The number of benzene rings is 12. The van der Waals surface area contributed by atoms with E-state index in [0.717, 1.165) is 28.2 Å². The Balaban J connectivity index is 1.08. The van der Waals surface area contributed by atoms with Crippen LogP contribution < -0.4 is 4.90 Å². The number of hydrogen-bond donors (Lipinski definition) is 0. The van der Waals surface area contributed by atoms with Crippen molar-refractivity contribution in [3.05, 3.63) is 294 Å². The third-order valence-corrected chi connectivity index (χ3v) is 16.2. The maximum absolute atomic E-state index is 2.53. The molecule has 0 saturated carbocycles. The van der Waals surface area contributed by atoms with Crippen molar-refractivity contribution >= 4 is 49.4 Å². The molecule has 1 aliphatic carbocycles. The van der Waals surface area contributed by atoms with E-state index in [1.165, 1.54) is 99.1 Å². The number of anilines is 3. The highest BCUT2D eigenvalue weighted by molar-refractivity contribution is 6.13.